The van der Waals surface area contributed by atoms with Gasteiger partial charge in [-0.05, 0) is 25.3 Å². The number of aromatic nitrogens is 2. The molecule has 21 heavy (non-hydrogen) atoms. The van der Waals surface area contributed by atoms with Crippen LogP contribution in [0.15, 0.2) is 15.8 Å². The fourth-order valence-corrected chi connectivity index (χ4v) is 3.81. The molecular formula is C12H13N3O3S3. The standard InChI is InChI=1S/C12H13N3O3S3/c1-3-18-11(17)8-4-5-19-10(8)13-9(16)6-20-12-15-14-7(2)21-12/h4-5H,3,6H2,1-2H3,(H,13,16). The van der Waals surface area contributed by atoms with Crippen molar-refractivity contribution >= 4 is 51.3 Å². The van der Waals surface area contributed by atoms with Gasteiger partial charge in [0.1, 0.15) is 10.0 Å². The number of aryl methyl sites for hydroxylation is 1. The molecule has 0 unspecified atom stereocenters. The van der Waals surface area contributed by atoms with E-state index in [9.17, 15) is 9.59 Å². The molecule has 1 amide bonds. The zero-order valence-corrected chi connectivity index (χ0v) is 13.9. The Morgan fingerprint density at radius 2 is 2.24 bits per heavy atom. The highest BCUT2D eigenvalue weighted by Gasteiger charge is 2.16. The smallest absolute Gasteiger partial charge is 0.341 e. The number of carbonyl (C=O) groups excluding carboxylic acids is 2. The molecule has 0 aliphatic heterocycles. The van der Waals surface area contributed by atoms with E-state index >= 15 is 0 Å². The zero-order chi connectivity index (χ0) is 15.2. The molecule has 0 saturated heterocycles. The summed E-state index contributed by atoms with van der Waals surface area (Å²) in [6.45, 7) is 3.90. The fourth-order valence-electron chi connectivity index (χ4n) is 1.40. The van der Waals surface area contributed by atoms with Gasteiger partial charge >= 0.3 is 5.97 Å². The van der Waals surface area contributed by atoms with Gasteiger partial charge in [-0.15, -0.1) is 21.5 Å². The lowest BCUT2D eigenvalue weighted by atomic mass is 10.3. The van der Waals surface area contributed by atoms with Crippen LogP contribution >= 0.6 is 34.4 Å². The highest BCUT2D eigenvalue weighted by molar-refractivity contribution is 8.01. The van der Waals surface area contributed by atoms with Gasteiger partial charge in [0.2, 0.25) is 5.91 Å². The lowest BCUT2D eigenvalue weighted by molar-refractivity contribution is -0.113. The Morgan fingerprint density at radius 1 is 1.43 bits per heavy atom. The Hall–Kier alpha value is -1.45. The second kappa shape index (κ2) is 7.53. The molecule has 0 aliphatic carbocycles. The normalized spacial score (nSPS) is 10.4. The summed E-state index contributed by atoms with van der Waals surface area (Å²) in [6.07, 6.45) is 0. The van der Waals surface area contributed by atoms with Crippen LogP contribution in [0.3, 0.4) is 0 Å². The number of hydrogen-bond donors (Lipinski definition) is 1. The third-order valence-electron chi connectivity index (χ3n) is 2.25. The molecule has 0 spiro atoms. The Balaban J connectivity index is 1.91. The van der Waals surface area contributed by atoms with Crippen molar-refractivity contribution in [3.8, 4) is 0 Å². The number of hydrogen-bond acceptors (Lipinski definition) is 8. The van der Waals surface area contributed by atoms with Crippen LogP contribution in [0.5, 0.6) is 0 Å². The monoisotopic (exact) mass is 343 g/mol. The predicted octanol–water partition coefficient (Wildman–Crippen LogP) is 2.82. The lowest BCUT2D eigenvalue weighted by Gasteiger charge is -2.05. The molecule has 6 nitrogen and oxygen atoms in total. The van der Waals surface area contributed by atoms with E-state index in [-0.39, 0.29) is 11.7 Å². The molecule has 0 bridgehead atoms. The summed E-state index contributed by atoms with van der Waals surface area (Å²) in [5.74, 6) is -0.406. The molecule has 0 aliphatic rings. The first-order valence-electron chi connectivity index (χ1n) is 6.07. The number of nitrogens with one attached hydrogen (secondary N) is 1. The summed E-state index contributed by atoms with van der Waals surface area (Å²) in [5.41, 5.74) is 0.381. The first-order chi connectivity index (χ1) is 10.1. The highest BCUT2D eigenvalue weighted by Crippen LogP contribution is 2.26. The quantitative estimate of drug-likeness (QED) is 0.641. The van der Waals surface area contributed by atoms with Gasteiger partial charge in [-0.25, -0.2) is 4.79 Å². The van der Waals surface area contributed by atoms with Crippen molar-refractivity contribution < 1.29 is 14.3 Å². The van der Waals surface area contributed by atoms with Crippen LogP contribution < -0.4 is 5.32 Å². The fraction of sp³-hybridized carbons (Fsp3) is 0.333. The van der Waals surface area contributed by atoms with Gasteiger partial charge in [0.15, 0.2) is 4.34 Å². The first-order valence-corrected chi connectivity index (χ1v) is 8.75. The second-order valence-electron chi connectivity index (χ2n) is 3.81. The van der Waals surface area contributed by atoms with Crippen molar-refractivity contribution in [3.63, 3.8) is 0 Å². The number of esters is 1. The molecule has 0 fully saturated rings. The molecule has 0 radical (unpaired) electrons. The largest absolute Gasteiger partial charge is 0.462 e. The van der Waals surface area contributed by atoms with E-state index in [0.717, 1.165) is 9.35 Å². The summed E-state index contributed by atoms with van der Waals surface area (Å²) in [5, 5.41) is 13.6. The number of anilines is 1. The van der Waals surface area contributed by atoms with Gasteiger partial charge in [-0.1, -0.05) is 23.1 Å². The van der Waals surface area contributed by atoms with E-state index in [2.05, 4.69) is 15.5 Å². The Bertz CT molecular complexity index is 638. The molecule has 2 rings (SSSR count). The van der Waals surface area contributed by atoms with E-state index < -0.39 is 5.97 Å². The third-order valence-corrected chi connectivity index (χ3v) is 5.05. The molecule has 0 atom stereocenters. The molecule has 1 N–H and O–H groups in total. The van der Waals surface area contributed by atoms with Crippen molar-refractivity contribution in [2.75, 3.05) is 17.7 Å². The van der Waals surface area contributed by atoms with Crippen LogP contribution in [-0.4, -0.2) is 34.4 Å². The van der Waals surface area contributed by atoms with E-state index in [0.29, 0.717) is 17.2 Å². The van der Waals surface area contributed by atoms with Crippen LogP contribution in [0, 0.1) is 6.92 Å². The number of amides is 1. The van der Waals surface area contributed by atoms with Crippen LogP contribution in [-0.2, 0) is 9.53 Å². The summed E-state index contributed by atoms with van der Waals surface area (Å²) in [6, 6.07) is 1.64. The van der Waals surface area contributed by atoms with Crippen molar-refractivity contribution in [2.24, 2.45) is 0 Å². The summed E-state index contributed by atoms with van der Waals surface area (Å²) in [7, 11) is 0. The minimum Gasteiger partial charge on any atom is -0.462 e. The van der Waals surface area contributed by atoms with E-state index in [4.69, 9.17) is 4.74 Å². The number of thiophene rings is 1. The first kappa shape index (κ1) is 15.9. The summed E-state index contributed by atoms with van der Waals surface area (Å²) in [4.78, 5) is 23.6. The number of carbonyl (C=O) groups is 2. The second-order valence-corrected chi connectivity index (χ2v) is 7.13. The Kier molecular flexibility index (Phi) is 5.71. The predicted molar refractivity (Wildman–Crippen MR) is 84.3 cm³/mol. The zero-order valence-electron chi connectivity index (χ0n) is 11.4. The number of thioether (sulfide) groups is 1. The number of ether oxygens (including phenoxy) is 1. The van der Waals surface area contributed by atoms with Gasteiger partial charge in [-0.2, -0.15) is 0 Å². The van der Waals surface area contributed by atoms with Crippen LogP contribution in [0.2, 0.25) is 0 Å². The molecule has 2 aromatic heterocycles. The lowest BCUT2D eigenvalue weighted by Crippen LogP contribution is -2.15. The Morgan fingerprint density at radius 3 is 2.90 bits per heavy atom. The molecule has 112 valence electrons. The van der Waals surface area contributed by atoms with E-state index in [1.54, 1.807) is 18.4 Å². The van der Waals surface area contributed by atoms with Gasteiger partial charge < -0.3 is 10.1 Å². The van der Waals surface area contributed by atoms with E-state index in [1.807, 2.05) is 6.92 Å². The topological polar surface area (TPSA) is 81.2 Å². The van der Waals surface area contributed by atoms with Gasteiger partial charge in [0.05, 0.1) is 17.9 Å². The van der Waals surface area contributed by atoms with Gasteiger partial charge in [0, 0.05) is 0 Å². The minimum atomic E-state index is -0.429. The maximum Gasteiger partial charge on any atom is 0.341 e. The van der Waals surface area contributed by atoms with Gasteiger partial charge in [0.25, 0.3) is 0 Å². The average molecular weight is 343 g/mol. The highest BCUT2D eigenvalue weighted by atomic mass is 32.2. The van der Waals surface area contributed by atoms with Crippen LogP contribution in [0.1, 0.15) is 22.3 Å². The number of nitrogens with zero attached hydrogens (tertiary/aromatic N) is 2. The summed E-state index contributed by atoms with van der Waals surface area (Å²) < 4.78 is 5.68. The molecule has 2 aromatic rings. The molecule has 0 aromatic carbocycles. The molecule has 9 heteroatoms. The molecular weight excluding hydrogens is 330 g/mol. The third kappa shape index (κ3) is 4.51. The van der Waals surface area contributed by atoms with Crippen molar-refractivity contribution in [1.29, 1.82) is 0 Å². The van der Waals surface area contributed by atoms with Gasteiger partial charge in [-0.3, -0.25) is 4.79 Å². The van der Waals surface area contributed by atoms with Crippen LogP contribution in [0.4, 0.5) is 5.00 Å². The Labute approximate surface area is 133 Å². The molecule has 2 heterocycles. The number of rotatable bonds is 6. The average Bonchev–Trinajstić information content (AvgIpc) is 3.06. The SMILES string of the molecule is CCOC(=O)c1ccsc1NC(=O)CSc1nnc(C)s1. The maximum absolute atomic E-state index is 11.9. The maximum atomic E-state index is 11.9. The van der Waals surface area contributed by atoms with Crippen molar-refractivity contribution in [3.05, 3.63) is 22.0 Å². The summed E-state index contributed by atoms with van der Waals surface area (Å²) >= 11 is 4.05. The van der Waals surface area contributed by atoms with Crippen molar-refractivity contribution in [1.82, 2.24) is 10.2 Å². The molecule has 0 saturated carbocycles. The minimum absolute atomic E-state index is 0.194. The van der Waals surface area contributed by atoms with Crippen LogP contribution in [0.25, 0.3) is 0 Å². The van der Waals surface area contributed by atoms with Crippen molar-refractivity contribution in [2.45, 2.75) is 18.2 Å². The van der Waals surface area contributed by atoms with E-state index in [1.165, 1.54) is 34.4 Å².